The number of nitrogens with zero attached hydrogens (tertiary/aromatic N) is 2. The van der Waals surface area contributed by atoms with Crippen LogP contribution in [0.15, 0.2) is 12.4 Å². The summed E-state index contributed by atoms with van der Waals surface area (Å²) in [4.78, 5) is 8.38. The van der Waals surface area contributed by atoms with Gasteiger partial charge in [-0.2, -0.15) is 0 Å². The van der Waals surface area contributed by atoms with Crippen molar-refractivity contribution >= 4 is 0 Å². The molecular formula is C9H15N3. The highest BCUT2D eigenvalue weighted by molar-refractivity contribution is 5.17. The average Bonchev–Trinajstić information content (AvgIpc) is 2.05. The molecule has 1 heterocycles. The molecule has 0 aliphatic carbocycles. The molecule has 1 atom stereocenters. The van der Waals surface area contributed by atoms with Crippen molar-refractivity contribution < 1.29 is 0 Å². The van der Waals surface area contributed by atoms with E-state index in [0.29, 0.717) is 0 Å². The molecule has 1 aromatic heterocycles. The minimum atomic E-state index is -0.349. The van der Waals surface area contributed by atoms with E-state index in [1.807, 2.05) is 20.8 Å². The molecule has 0 saturated carbocycles. The van der Waals surface area contributed by atoms with Gasteiger partial charge in [0.25, 0.3) is 0 Å². The van der Waals surface area contributed by atoms with Crippen molar-refractivity contribution in [1.82, 2.24) is 9.97 Å². The van der Waals surface area contributed by atoms with E-state index in [1.54, 1.807) is 12.4 Å². The summed E-state index contributed by atoms with van der Waals surface area (Å²) in [6.07, 6.45) is 4.24. The van der Waals surface area contributed by atoms with Gasteiger partial charge in [0.2, 0.25) is 0 Å². The van der Waals surface area contributed by atoms with E-state index >= 15 is 0 Å². The molecule has 2 N–H and O–H groups in total. The fraction of sp³-hybridized carbons (Fsp3) is 0.556. The zero-order valence-corrected chi connectivity index (χ0v) is 7.83. The Morgan fingerprint density at radius 3 is 2.50 bits per heavy atom. The van der Waals surface area contributed by atoms with Crippen molar-refractivity contribution in [2.24, 2.45) is 5.73 Å². The smallest absolute Gasteiger partial charge is 0.0811 e. The van der Waals surface area contributed by atoms with Gasteiger partial charge in [-0.25, -0.2) is 0 Å². The van der Waals surface area contributed by atoms with Gasteiger partial charge in [-0.3, -0.25) is 9.97 Å². The molecule has 0 bridgehead atoms. The molecule has 0 radical (unpaired) electrons. The molecule has 3 nitrogen and oxygen atoms in total. The third-order valence-corrected chi connectivity index (χ3v) is 2.16. The van der Waals surface area contributed by atoms with Crippen LogP contribution in [0.25, 0.3) is 0 Å². The molecule has 0 spiro atoms. The monoisotopic (exact) mass is 165 g/mol. The van der Waals surface area contributed by atoms with E-state index in [0.717, 1.165) is 17.8 Å². The van der Waals surface area contributed by atoms with E-state index in [-0.39, 0.29) is 5.54 Å². The predicted octanol–water partition coefficient (Wildman–Crippen LogP) is 1.37. The molecule has 0 aliphatic rings. The second kappa shape index (κ2) is 3.19. The maximum atomic E-state index is 6.04. The molecule has 0 amide bonds. The third-order valence-electron chi connectivity index (χ3n) is 2.16. The van der Waals surface area contributed by atoms with E-state index in [2.05, 4.69) is 9.97 Å². The second-order valence-corrected chi connectivity index (χ2v) is 3.26. The Morgan fingerprint density at radius 1 is 1.42 bits per heavy atom. The van der Waals surface area contributed by atoms with Crippen molar-refractivity contribution in [1.29, 1.82) is 0 Å². The fourth-order valence-corrected chi connectivity index (χ4v) is 1.14. The van der Waals surface area contributed by atoms with Crippen LogP contribution in [-0.2, 0) is 5.54 Å². The molecule has 66 valence electrons. The number of rotatable bonds is 2. The third kappa shape index (κ3) is 1.61. The molecule has 0 aromatic carbocycles. The minimum absolute atomic E-state index is 0.349. The van der Waals surface area contributed by atoms with E-state index in [4.69, 9.17) is 5.73 Å². The Hall–Kier alpha value is -0.960. The topological polar surface area (TPSA) is 51.8 Å². The van der Waals surface area contributed by atoms with Gasteiger partial charge >= 0.3 is 0 Å². The first-order chi connectivity index (χ1) is 5.58. The Labute approximate surface area is 73.0 Å². The lowest BCUT2D eigenvalue weighted by molar-refractivity contribution is 0.456. The van der Waals surface area contributed by atoms with Gasteiger partial charge in [-0.15, -0.1) is 0 Å². The number of hydrogen-bond acceptors (Lipinski definition) is 3. The van der Waals surface area contributed by atoms with Crippen LogP contribution in [0.1, 0.15) is 31.7 Å². The minimum Gasteiger partial charge on any atom is -0.320 e. The molecule has 0 unspecified atom stereocenters. The highest BCUT2D eigenvalue weighted by Gasteiger charge is 2.22. The van der Waals surface area contributed by atoms with Crippen molar-refractivity contribution in [3.8, 4) is 0 Å². The first kappa shape index (κ1) is 9.13. The van der Waals surface area contributed by atoms with Crippen LogP contribution in [0.5, 0.6) is 0 Å². The van der Waals surface area contributed by atoms with Crippen LogP contribution in [0.3, 0.4) is 0 Å². The van der Waals surface area contributed by atoms with Crippen molar-refractivity contribution in [2.45, 2.75) is 32.7 Å². The lowest BCUT2D eigenvalue weighted by Gasteiger charge is -2.22. The number of hydrogen-bond donors (Lipinski definition) is 1. The summed E-state index contributed by atoms with van der Waals surface area (Å²) in [7, 11) is 0. The Bertz CT molecular complexity index is 268. The number of aromatic nitrogens is 2. The zero-order chi connectivity index (χ0) is 9.19. The summed E-state index contributed by atoms with van der Waals surface area (Å²) in [5.74, 6) is 0. The quantitative estimate of drug-likeness (QED) is 0.720. The van der Waals surface area contributed by atoms with Gasteiger partial charge in [-0.1, -0.05) is 6.92 Å². The van der Waals surface area contributed by atoms with Crippen LogP contribution in [0, 0.1) is 6.92 Å². The summed E-state index contributed by atoms with van der Waals surface area (Å²) in [6, 6.07) is 0. The summed E-state index contributed by atoms with van der Waals surface area (Å²) in [5.41, 5.74) is 7.50. The highest BCUT2D eigenvalue weighted by Crippen LogP contribution is 2.20. The largest absolute Gasteiger partial charge is 0.320 e. The SMILES string of the molecule is CC[C@](C)(N)c1nccnc1C. The Morgan fingerprint density at radius 2 is 2.00 bits per heavy atom. The fourth-order valence-electron chi connectivity index (χ4n) is 1.14. The summed E-state index contributed by atoms with van der Waals surface area (Å²) in [6.45, 7) is 5.96. The molecular weight excluding hydrogens is 150 g/mol. The van der Waals surface area contributed by atoms with Crippen LogP contribution in [-0.4, -0.2) is 9.97 Å². The van der Waals surface area contributed by atoms with Gasteiger partial charge in [0.05, 0.1) is 16.9 Å². The van der Waals surface area contributed by atoms with Gasteiger partial charge in [0, 0.05) is 12.4 Å². The van der Waals surface area contributed by atoms with E-state index in [9.17, 15) is 0 Å². The first-order valence-corrected chi connectivity index (χ1v) is 4.15. The summed E-state index contributed by atoms with van der Waals surface area (Å²) >= 11 is 0. The van der Waals surface area contributed by atoms with E-state index in [1.165, 1.54) is 0 Å². The average molecular weight is 165 g/mol. The second-order valence-electron chi connectivity index (χ2n) is 3.26. The molecule has 0 saturated heterocycles. The van der Waals surface area contributed by atoms with Gasteiger partial charge in [0.15, 0.2) is 0 Å². The lowest BCUT2D eigenvalue weighted by atomic mass is 9.94. The van der Waals surface area contributed by atoms with Crippen molar-refractivity contribution in [2.75, 3.05) is 0 Å². The van der Waals surface area contributed by atoms with Crippen LogP contribution < -0.4 is 5.73 Å². The summed E-state index contributed by atoms with van der Waals surface area (Å²) < 4.78 is 0. The van der Waals surface area contributed by atoms with Crippen LogP contribution >= 0.6 is 0 Å². The Balaban J connectivity index is 3.10. The molecule has 1 rings (SSSR count). The van der Waals surface area contributed by atoms with Crippen molar-refractivity contribution in [3.05, 3.63) is 23.8 Å². The van der Waals surface area contributed by atoms with Gasteiger partial charge < -0.3 is 5.73 Å². The molecule has 1 aromatic rings. The molecule has 0 aliphatic heterocycles. The Kier molecular flexibility index (Phi) is 2.43. The summed E-state index contributed by atoms with van der Waals surface area (Å²) in [5, 5.41) is 0. The maximum absolute atomic E-state index is 6.04. The maximum Gasteiger partial charge on any atom is 0.0811 e. The molecule has 3 heteroatoms. The first-order valence-electron chi connectivity index (χ1n) is 4.15. The highest BCUT2D eigenvalue weighted by atomic mass is 14.9. The van der Waals surface area contributed by atoms with Crippen LogP contribution in [0.2, 0.25) is 0 Å². The normalized spacial score (nSPS) is 15.7. The van der Waals surface area contributed by atoms with Crippen molar-refractivity contribution in [3.63, 3.8) is 0 Å². The van der Waals surface area contributed by atoms with Gasteiger partial charge in [0.1, 0.15) is 0 Å². The number of aryl methyl sites for hydroxylation is 1. The van der Waals surface area contributed by atoms with Gasteiger partial charge in [-0.05, 0) is 20.3 Å². The molecule has 12 heavy (non-hydrogen) atoms. The van der Waals surface area contributed by atoms with Crippen LogP contribution in [0.4, 0.5) is 0 Å². The lowest BCUT2D eigenvalue weighted by Crippen LogP contribution is -2.34. The predicted molar refractivity (Wildman–Crippen MR) is 48.6 cm³/mol. The zero-order valence-electron chi connectivity index (χ0n) is 7.83. The molecule has 0 fully saturated rings. The standard InChI is InChI=1S/C9H15N3/c1-4-9(3,10)8-7(2)11-5-6-12-8/h5-6H,4,10H2,1-3H3/t9-/m0/s1. The number of nitrogens with two attached hydrogens (primary N) is 1. The van der Waals surface area contributed by atoms with E-state index < -0.39 is 0 Å².